The third-order valence-electron chi connectivity index (χ3n) is 9.65. The van der Waals surface area contributed by atoms with E-state index in [1.807, 2.05) is 21.1 Å². The molecule has 0 saturated carbocycles. The van der Waals surface area contributed by atoms with E-state index in [0.717, 1.165) is 89.9 Å². The van der Waals surface area contributed by atoms with E-state index in [0.29, 0.717) is 19.3 Å². The minimum absolute atomic E-state index is 0.0520. The molecule has 0 aliphatic rings. The molecule has 0 radical (unpaired) electrons. The van der Waals surface area contributed by atoms with Crippen molar-refractivity contribution in [2.45, 2.75) is 187 Å². The van der Waals surface area contributed by atoms with Crippen molar-refractivity contribution < 1.29 is 38.2 Å². The van der Waals surface area contributed by atoms with E-state index in [1.165, 1.54) is 51.4 Å². The van der Waals surface area contributed by atoms with Gasteiger partial charge in [-0.3, -0.25) is 9.59 Å². The molecule has 1 N–H and O–H groups in total. The minimum Gasteiger partial charge on any atom is -0.477 e. The predicted molar refractivity (Wildman–Crippen MR) is 234 cm³/mol. The maximum absolute atomic E-state index is 12.7. The molecule has 0 aromatic heterocycles. The largest absolute Gasteiger partial charge is 0.477 e. The first-order valence-corrected chi connectivity index (χ1v) is 22.3. The van der Waals surface area contributed by atoms with Crippen molar-refractivity contribution in [1.82, 2.24) is 0 Å². The lowest BCUT2D eigenvalue weighted by Gasteiger charge is -2.31. The van der Waals surface area contributed by atoms with E-state index in [1.54, 1.807) is 0 Å². The Kier molecular flexibility index (Phi) is 36.8. The summed E-state index contributed by atoms with van der Waals surface area (Å²) in [7, 11) is 5.51. The number of ether oxygens (including phenoxy) is 3. The summed E-state index contributed by atoms with van der Waals surface area (Å²) in [5.41, 5.74) is 0. The fourth-order valence-electron chi connectivity index (χ4n) is 6.19. The van der Waals surface area contributed by atoms with Gasteiger partial charge in [-0.15, -0.1) is 0 Å². The second-order valence-electron chi connectivity index (χ2n) is 15.9. The molecule has 0 bridgehead atoms. The van der Waals surface area contributed by atoms with Gasteiger partial charge < -0.3 is 23.8 Å². The third kappa shape index (κ3) is 36.7. The molecule has 8 heteroatoms. The number of carbonyl (C=O) groups is 3. The molecule has 2 atom stereocenters. The maximum Gasteiger partial charge on any atom is 0.362 e. The molecule has 0 aromatic rings. The van der Waals surface area contributed by atoms with Gasteiger partial charge in [0.15, 0.2) is 12.1 Å². The first-order valence-electron chi connectivity index (χ1n) is 22.3. The zero-order valence-corrected chi connectivity index (χ0v) is 36.6. The van der Waals surface area contributed by atoms with Crippen molar-refractivity contribution in [2.24, 2.45) is 0 Å². The lowest BCUT2D eigenvalue weighted by Crippen LogP contribution is -2.50. The van der Waals surface area contributed by atoms with Gasteiger partial charge in [0.1, 0.15) is 6.61 Å². The molecule has 0 heterocycles. The van der Waals surface area contributed by atoms with Crippen molar-refractivity contribution >= 4 is 17.9 Å². The highest BCUT2D eigenvalue weighted by Gasteiger charge is 2.31. The summed E-state index contributed by atoms with van der Waals surface area (Å²) in [6.45, 7) is 4.57. The Morgan fingerprint density at radius 3 is 1.50 bits per heavy atom. The third-order valence-corrected chi connectivity index (χ3v) is 9.65. The van der Waals surface area contributed by atoms with Crippen LogP contribution in [-0.4, -0.2) is 80.6 Å². The maximum atomic E-state index is 12.7. The van der Waals surface area contributed by atoms with E-state index in [-0.39, 0.29) is 36.2 Å². The Bertz CT molecular complexity index is 1100. The zero-order chi connectivity index (χ0) is 41.4. The predicted octanol–water partition coefficient (Wildman–Crippen LogP) is 12.2. The molecule has 0 aliphatic carbocycles. The fraction of sp³-hybridized carbons (Fsp3) is 0.729. The number of aliphatic carboxylic acids is 1. The number of esters is 2. The Morgan fingerprint density at radius 1 is 0.554 bits per heavy atom. The average Bonchev–Trinajstić information content (AvgIpc) is 3.15. The second kappa shape index (κ2) is 38.9. The van der Waals surface area contributed by atoms with Crippen LogP contribution in [0.1, 0.15) is 174 Å². The fourth-order valence-corrected chi connectivity index (χ4v) is 6.19. The molecule has 56 heavy (non-hydrogen) atoms. The summed E-state index contributed by atoms with van der Waals surface area (Å²) < 4.78 is 17.3. The molecule has 0 amide bonds. The molecular weight excluding hydrogens is 703 g/mol. The van der Waals surface area contributed by atoms with Gasteiger partial charge in [0.2, 0.25) is 0 Å². The number of unbranched alkanes of at least 4 members (excludes halogenated alkanes) is 15. The van der Waals surface area contributed by atoms with E-state index in [4.69, 9.17) is 14.2 Å². The number of quaternary nitrogens is 1. The van der Waals surface area contributed by atoms with Crippen LogP contribution in [-0.2, 0) is 28.6 Å². The van der Waals surface area contributed by atoms with Crippen LogP contribution in [0.4, 0.5) is 0 Å². The molecule has 0 aromatic carbocycles. The molecular formula is C48H84NO7+. The number of allylic oxidation sites excluding steroid dienone is 10. The van der Waals surface area contributed by atoms with E-state index in [2.05, 4.69) is 74.6 Å². The Morgan fingerprint density at radius 2 is 1.00 bits per heavy atom. The summed E-state index contributed by atoms with van der Waals surface area (Å²) >= 11 is 0. The molecule has 0 spiro atoms. The first kappa shape index (κ1) is 53.0. The SMILES string of the molecule is CC/C=C/C/C=C/C/C=C/C/C=C/CCCCCCCCCC(=O)OC(COCCC(C(=O)O)[N+](C)(C)C)COC(=O)CCCCCCC/C=C/CCCCC. The van der Waals surface area contributed by atoms with Crippen molar-refractivity contribution in [2.75, 3.05) is 41.0 Å². The molecule has 0 rings (SSSR count). The van der Waals surface area contributed by atoms with Crippen molar-refractivity contribution in [3.05, 3.63) is 60.8 Å². The van der Waals surface area contributed by atoms with E-state index in [9.17, 15) is 19.5 Å². The van der Waals surface area contributed by atoms with Crippen molar-refractivity contribution in [3.8, 4) is 0 Å². The summed E-state index contributed by atoms with van der Waals surface area (Å²) in [5.74, 6) is -1.50. The van der Waals surface area contributed by atoms with Gasteiger partial charge in [0.25, 0.3) is 0 Å². The van der Waals surface area contributed by atoms with Gasteiger partial charge in [-0.25, -0.2) is 4.79 Å². The quantitative estimate of drug-likeness (QED) is 0.0287. The normalized spacial score (nSPS) is 13.5. The highest BCUT2D eigenvalue weighted by atomic mass is 16.6. The number of nitrogens with zero attached hydrogens (tertiary/aromatic N) is 1. The average molecular weight is 787 g/mol. The number of carboxylic acid groups (broad SMARTS) is 1. The summed E-state index contributed by atoms with van der Waals surface area (Å²) in [6, 6.07) is -0.619. The van der Waals surface area contributed by atoms with Crippen LogP contribution in [0.3, 0.4) is 0 Å². The molecule has 0 aliphatic heterocycles. The number of hydrogen-bond donors (Lipinski definition) is 1. The van der Waals surface area contributed by atoms with E-state index >= 15 is 0 Å². The van der Waals surface area contributed by atoms with Gasteiger partial charge >= 0.3 is 17.9 Å². The second-order valence-corrected chi connectivity index (χ2v) is 15.9. The lowest BCUT2D eigenvalue weighted by atomic mass is 10.1. The van der Waals surface area contributed by atoms with Gasteiger partial charge in [-0.05, 0) is 77.0 Å². The number of likely N-dealkylation sites (N-methyl/N-ethyl adjacent to an activating group) is 1. The van der Waals surface area contributed by atoms with Crippen molar-refractivity contribution in [1.29, 1.82) is 0 Å². The van der Waals surface area contributed by atoms with Crippen LogP contribution >= 0.6 is 0 Å². The molecule has 0 fully saturated rings. The van der Waals surface area contributed by atoms with Crippen LogP contribution < -0.4 is 0 Å². The van der Waals surface area contributed by atoms with Gasteiger partial charge in [-0.2, -0.15) is 0 Å². The standard InChI is InChI=1S/C48H83NO7/c1-6-8-10-12-14-16-18-20-21-22-23-24-25-26-27-29-31-33-35-37-39-47(51)56-44(42-54-41-40-45(48(52)53)49(3,4)5)43-55-46(50)38-36-34-32-30-28-19-17-15-13-11-9-7-2/h8,10,14-17,20-21,23-24,44-45H,6-7,9,11-13,18-19,22,25-43H2,1-5H3/p+1/b10-8+,16-14+,17-15+,21-20+,24-23+. The van der Waals surface area contributed by atoms with Crippen LogP contribution in [0.15, 0.2) is 60.8 Å². The molecule has 0 saturated heterocycles. The zero-order valence-electron chi connectivity index (χ0n) is 36.6. The molecule has 2 unspecified atom stereocenters. The number of carboxylic acids is 1. The van der Waals surface area contributed by atoms with Crippen LogP contribution in [0, 0.1) is 0 Å². The first-order chi connectivity index (χ1) is 27.1. The monoisotopic (exact) mass is 787 g/mol. The topological polar surface area (TPSA) is 99.1 Å². The smallest absolute Gasteiger partial charge is 0.362 e. The summed E-state index contributed by atoms with van der Waals surface area (Å²) in [5, 5.41) is 9.62. The number of rotatable bonds is 39. The van der Waals surface area contributed by atoms with Gasteiger partial charge in [0, 0.05) is 19.3 Å². The Balaban J connectivity index is 4.35. The van der Waals surface area contributed by atoms with E-state index < -0.39 is 18.1 Å². The minimum atomic E-state index is -0.880. The van der Waals surface area contributed by atoms with Gasteiger partial charge in [-0.1, -0.05) is 139 Å². The Labute approximate surface area is 343 Å². The number of hydrogen-bond acceptors (Lipinski definition) is 6. The lowest BCUT2D eigenvalue weighted by molar-refractivity contribution is -0.887. The van der Waals surface area contributed by atoms with Crippen LogP contribution in [0.25, 0.3) is 0 Å². The number of carbonyl (C=O) groups excluding carboxylic acids is 2. The van der Waals surface area contributed by atoms with Crippen LogP contribution in [0.2, 0.25) is 0 Å². The van der Waals surface area contributed by atoms with Crippen LogP contribution in [0.5, 0.6) is 0 Å². The molecule has 322 valence electrons. The summed E-state index contributed by atoms with van der Waals surface area (Å²) in [4.78, 5) is 37.0. The highest BCUT2D eigenvalue weighted by molar-refractivity contribution is 5.72. The summed E-state index contributed by atoms with van der Waals surface area (Å²) in [6.07, 6.45) is 46.9. The van der Waals surface area contributed by atoms with Crippen molar-refractivity contribution in [3.63, 3.8) is 0 Å². The van der Waals surface area contributed by atoms with Gasteiger partial charge in [0.05, 0.1) is 34.4 Å². The molecule has 8 nitrogen and oxygen atoms in total. The highest BCUT2D eigenvalue weighted by Crippen LogP contribution is 2.13. The Hall–Kier alpha value is -2.97.